The SMILES string of the molecule is C/C(=N/NC(=O)[C@H]1CN(S(=O)(=O)c2ccccc2)CCN1S(=O)(=O)c1ccccc1)c1cccc([N+](=O)[O-])c1. The molecule has 4 rings (SSSR count). The molecule has 0 aliphatic carbocycles. The number of hydrogen-bond acceptors (Lipinski definition) is 8. The number of piperazine rings is 1. The van der Waals surface area contributed by atoms with Gasteiger partial charge in [-0.25, -0.2) is 22.3 Å². The topological polar surface area (TPSA) is 159 Å². The Morgan fingerprint density at radius 3 is 2.08 bits per heavy atom. The molecular weight excluding hydrogens is 546 g/mol. The van der Waals surface area contributed by atoms with E-state index in [9.17, 15) is 31.7 Å². The number of rotatable bonds is 8. The first-order valence-corrected chi connectivity index (χ1v) is 14.6. The summed E-state index contributed by atoms with van der Waals surface area (Å²) in [4.78, 5) is 23.9. The van der Waals surface area contributed by atoms with Gasteiger partial charge in [0.25, 0.3) is 11.6 Å². The summed E-state index contributed by atoms with van der Waals surface area (Å²) >= 11 is 0. The molecule has 14 heteroatoms. The number of non-ortho nitro benzene ring substituents is 1. The molecule has 39 heavy (non-hydrogen) atoms. The van der Waals surface area contributed by atoms with Crippen molar-refractivity contribution >= 4 is 37.4 Å². The van der Waals surface area contributed by atoms with Crippen molar-refractivity contribution in [1.82, 2.24) is 14.0 Å². The largest absolute Gasteiger partial charge is 0.271 e. The second kappa shape index (κ2) is 11.4. The minimum absolute atomic E-state index is 0.0167. The molecule has 0 spiro atoms. The third-order valence-electron chi connectivity index (χ3n) is 6.14. The van der Waals surface area contributed by atoms with Crippen molar-refractivity contribution in [3.05, 3.63) is 101 Å². The van der Waals surface area contributed by atoms with Crippen molar-refractivity contribution in [3.8, 4) is 0 Å². The maximum Gasteiger partial charge on any atom is 0.270 e. The van der Waals surface area contributed by atoms with Gasteiger partial charge in [0.05, 0.1) is 20.4 Å². The summed E-state index contributed by atoms with van der Waals surface area (Å²) in [6.45, 7) is 0.642. The van der Waals surface area contributed by atoms with Crippen molar-refractivity contribution in [3.63, 3.8) is 0 Å². The molecule has 1 atom stereocenters. The smallest absolute Gasteiger partial charge is 0.270 e. The molecule has 1 fully saturated rings. The number of carbonyl (C=O) groups excluding carboxylic acids is 1. The molecule has 1 heterocycles. The van der Waals surface area contributed by atoms with Crippen molar-refractivity contribution in [2.75, 3.05) is 19.6 Å². The molecular formula is C25H25N5O7S2. The van der Waals surface area contributed by atoms with Gasteiger partial charge in [0.15, 0.2) is 0 Å². The van der Waals surface area contributed by atoms with Crippen LogP contribution in [0.1, 0.15) is 12.5 Å². The summed E-state index contributed by atoms with van der Waals surface area (Å²) < 4.78 is 55.5. The molecule has 204 valence electrons. The van der Waals surface area contributed by atoms with E-state index >= 15 is 0 Å². The molecule has 0 aromatic heterocycles. The van der Waals surface area contributed by atoms with Gasteiger partial charge >= 0.3 is 0 Å². The van der Waals surface area contributed by atoms with E-state index in [0.717, 1.165) is 8.61 Å². The summed E-state index contributed by atoms with van der Waals surface area (Å²) in [5.41, 5.74) is 2.75. The Kier molecular flexibility index (Phi) is 8.20. The van der Waals surface area contributed by atoms with E-state index in [1.807, 2.05) is 0 Å². The van der Waals surface area contributed by atoms with Gasteiger partial charge in [-0.3, -0.25) is 14.9 Å². The quantitative estimate of drug-likeness (QED) is 0.246. The van der Waals surface area contributed by atoms with Gasteiger partial charge in [-0.2, -0.15) is 13.7 Å². The van der Waals surface area contributed by atoms with Gasteiger partial charge in [-0.05, 0) is 31.2 Å². The molecule has 1 aliphatic heterocycles. The zero-order valence-electron chi connectivity index (χ0n) is 20.7. The number of nitrogens with zero attached hydrogens (tertiary/aromatic N) is 4. The van der Waals surface area contributed by atoms with Gasteiger partial charge in [0.1, 0.15) is 6.04 Å². The molecule has 1 amide bonds. The Balaban J connectivity index is 1.65. The van der Waals surface area contributed by atoms with E-state index in [2.05, 4.69) is 10.5 Å². The first kappa shape index (κ1) is 28.0. The van der Waals surface area contributed by atoms with Crippen LogP contribution in [0.2, 0.25) is 0 Å². The van der Waals surface area contributed by atoms with Crippen molar-refractivity contribution in [2.24, 2.45) is 5.10 Å². The minimum atomic E-state index is -4.17. The first-order valence-electron chi connectivity index (χ1n) is 11.7. The molecule has 1 N–H and O–H groups in total. The van der Waals surface area contributed by atoms with Crippen LogP contribution in [0.15, 0.2) is 99.8 Å². The highest BCUT2D eigenvalue weighted by molar-refractivity contribution is 7.89. The number of nitro groups is 1. The molecule has 1 saturated heterocycles. The summed E-state index contributed by atoms with van der Waals surface area (Å²) in [6, 6.07) is 19.4. The molecule has 0 unspecified atom stereocenters. The van der Waals surface area contributed by atoms with Crippen LogP contribution in [0.4, 0.5) is 5.69 Å². The Bertz CT molecular complexity index is 1610. The lowest BCUT2D eigenvalue weighted by molar-refractivity contribution is -0.384. The van der Waals surface area contributed by atoms with Crippen LogP contribution in [-0.2, 0) is 24.8 Å². The lowest BCUT2D eigenvalue weighted by Gasteiger charge is -2.38. The fourth-order valence-electron chi connectivity index (χ4n) is 4.05. The predicted octanol–water partition coefficient (Wildman–Crippen LogP) is 2.20. The number of nitro benzene ring substituents is 1. The predicted molar refractivity (Wildman–Crippen MR) is 143 cm³/mol. The Labute approximate surface area is 225 Å². The highest BCUT2D eigenvalue weighted by Gasteiger charge is 2.43. The van der Waals surface area contributed by atoms with Crippen LogP contribution < -0.4 is 5.43 Å². The number of nitrogens with one attached hydrogen (secondary N) is 1. The lowest BCUT2D eigenvalue weighted by atomic mass is 10.1. The van der Waals surface area contributed by atoms with Crippen LogP contribution in [0, 0.1) is 10.1 Å². The second-order valence-corrected chi connectivity index (χ2v) is 12.4. The number of carbonyl (C=O) groups is 1. The summed E-state index contributed by atoms with van der Waals surface area (Å²) in [5, 5.41) is 15.1. The summed E-state index contributed by atoms with van der Waals surface area (Å²) in [6.07, 6.45) is 0. The minimum Gasteiger partial charge on any atom is -0.271 e. The third-order valence-corrected chi connectivity index (χ3v) is 9.94. The Morgan fingerprint density at radius 2 is 1.49 bits per heavy atom. The summed E-state index contributed by atoms with van der Waals surface area (Å²) in [5.74, 6) is -0.854. The van der Waals surface area contributed by atoms with Crippen LogP contribution >= 0.6 is 0 Å². The number of hydrogen-bond donors (Lipinski definition) is 1. The average Bonchev–Trinajstić information content (AvgIpc) is 2.96. The molecule has 3 aromatic carbocycles. The van der Waals surface area contributed by atoms with Gasteiger partial charge in [-0.15, -0.1) is 0 Å². The van der Waals surface area contributed by atoms with E-state index in [1.54, 1.807) is 42.5 Å². The second-order valence-electron chi connectivity index (χ2n) is 8.60. The standard InChI is InChI=1S/C25H25N5O7S2/c1-19(20-9-8-10-21(17-20)30(32)33)26-27-25(31)24-18-28(38(34,35)22-11-4-2-5-12-22)15-16-29(24)39(36,37)23-13-6-3-7-14-23/h2-14,17,24H,15-16,18H2,1H3,(H,27,31)/b26-19-/t24-/m1/s1. The molecule has 3 aromatic rings. The van der Waals surface area contributed by atoms with Crippen LogP contribution in [-0.4, -0.2) is 67.7 Å². The average molecular weight is 572 g/mol. The van der Waals surface area contributed by atoms with Crippen molar-refractivity contribution in [1.29, 1.82) is 0 Å². The van der Waals surface area contributed by atoms with E-state index in [-0.39, 0.29) is 34.3 Å². The molecule has 0 radical (unpaired) electrons. The third kappa shape index (κ3) is 6.04. The van der Waals surface area contributed by atoms with Crippen molar-refractivity contribution < 1.29 is 26.6 Å². The number of sulfonamides is 2. The number of amides is 1. The Morgan fingerprint density at radius 1 is 0.897 bits per heavy atom. The van der Waals surface area contributed by atoms with Crippen LogP contribution in [0.5, 0.6) is 0 Å². The van der Waals surface area contributed by atoms with Crippen LogP contribution in [0.3, 0.4) is 0 Å². The highest BCUT2D eigenvalue weighted by atomic mass is 32.2. The highest BCUT2D eigenvalue weighted by Crippen LogP contribution is 2.25. The Hall–Kier alpha value is -3.98. The maximum absolute atomic E-state index is 13.5. The maximum atomic E-state index is 13.5. The van der Waals surface area contributed by atoms with Gasteiger partial charge in [0, 0.05) is 37.3 Å². The van der Waals surface area contributed by atoms with E-state index in [4.69, 9.17) is 0 Å². The summed E-state index contributed by atoms with van der Waals surface area (Å²) in [7, 11) is -8.19. The zero-order chi connectivity index (χ0) is 28.2. The van der Waals surface area contributed by atoms with Gasteiger partial charge < -0.3 is 0 Å². The molecule has 0 bridgehead atoms. The monoisotopic (exact) mass is 571 g/mol. The first-order chi connectivity index (χ1) is 18.5. The fraction of sp³-hybridized carbons (Fsp3) is 0.200. The van der Waals surface area contributed by atoms with Gasteiger partial charge in [0.2, 0.25) is 20.0 Å². The van der Waals surface area contributed by atoms with Crippen molar-refractivity contribution in [2.45, 2.75) is 22.8 Å². The fourth-order valence-corrected chi connectivity index (χ4v) is 7.10. The lowest BCUT2D eigenvalue weighted by Crippen LogP contribution is -2.60. The molecule has 0 saturated carbocycles. The molecule has 1 aliphatic rings. The zero-order valence-corrected chi connectivity index (χ0v) is 22.4. The van der Waals surface area contributed by atoms with E-state index < -0.39 is 43.5 Å². The van der Waals surface area contributed by atoms with Gasteiger partial charge in [-0.1, -0.05) is 48.5 Å². The molecule has 12 nitrogen and oxygen atoms in total. The van der Waals surface area contributed by atoms with E-state index in [1.165, 1.54) is 49.4 Å². The van der Waals surface area contributed by atoms with E-state index in [0.29, 0.717) is 5.56 Å². The number of benzene rings is 3. The van der Waals surface area contributed by atoms with Crippen LogP contribution in [0.25, 0.3) is 0 Å². The number of hydrazone groups is 1. The normalized spacial score (nSPS) is 17.5.